The van der Waals surface area contributed by atoms with Crippen LogP contribution < -0.4 is 0 Å². The van der Waals surface area contributed by atoms with E-state index in [2.05, 4.69) is 32.1 Å². The predicted molar refractivity (Wildman–Crippen MR) is 220 cm³/mol. The van der Waals surface area contributed by atoms with Gasteiger partial charge in [0.15, 0.2) is 12.1 Å². The summed E-state index contributed by atoms with van der Waals surface area (Å²) in [6.45, 7) is 4.48. The number of nitrogens with zero attached hydrogens (tertiary/aromatic N) is 1. The second-order valence-corrected chi connectivity index (χ2v) is 14.6. The van der Waals surface area contributed by atoms with Crippen LogP contribution in [0.3, 0.4) is 0 Å². The van der Waals surface area contributed by atoms with Crippen LogP contribution in [-0.4, -0.2) is 80.6 Å². The molecule has 0 amide bonds. The summed E-state index contributed by atoms with van der Waals surface area (Å²) in [5.41, 5.74) is 0. The van der Waals surface area contributed by atoms with Gasteiger partial charge < -0.3 is 23.8 Å². The highest BCUT2D eigenvalue weighted by Gasteiger charge is 2.31. The molecule has 0 aromatic heterocycles. The first-order valence-electron chi connectivity index (χ1n) is 20.5. The third-order valence-electron chi connectivity index (χ3n) is 8.72. The summed E-state index contributed by atoms with van der Waals surface area (Å²) in [4.78, 5) is 36.8. The van der Waals surface area contributed by atoms with Crippen molar-refractivity contribution in [1.82, 2.24) is 0 Å². The summed E-state index contributed by atoms with van der Waals surface area (Å²) in [5, 5.41) is 9.59. The van der Waals surface area contributed by atoms with Gasteiger partial charge >= 0.3 is 17.9 Å². The first-order chi connectivity index (χ1) is 25.6. The van der Waals surface area contributed by atoms with Gasteiger partial charge in [0.2, 0.25) is 0 Å². The highest BCUT2D eigenvalue weighted by atomic mass is 16.6. The first-order valence-corrected chi connectivity index (χ1v) is 20.5. The zero-order chi connectivity index (χ0) is 39.3. The molecule has 0 aliphatic heterocycles. The zero-order valence-electron chi connectivity index (χ0n) is 34.2. The third kappa shape index (κ3) is 34.3. The predicted octanol–water partition coefficient (Wildman–Crippen LogP) is 10.8. The average molecular weight is 743 g/mol. The number of quaternary nitrogens is 1. The minimum atomic E-state index is -0.891. The van der Waals surface area contributed by atoms with Crippen molar-refractivity contribution in [2.75, 3.05) is 41.0 Å². The monoisotopic (exact) mass is 743 g/mol. The van der Waals surface area contributed by atoms with E-state index in [1.807, 2.05) is 75.8 Å². The Hall–Kier alpha value is -3.23. The Kier molecular flexibility index (Phi) is 33.6. The van der Waals surface area contributed by atoms with Gasteiger partial charge in [-0.2, -0.15) is 0 Å². The Morgan fingerprint density at radius 1 is 0.585 bits per heavy atom. The topological polar surface area (TPSA) is 99.1 Å². The van der Waals surface area contributed by atoms with Gasteiger partial charge in [-0.25, -0.2) is 4.79 Å². The van der Waals surface area contributed by atoms with E-state index in [-0.39, 0.29) is 42.7 Å². The van der Waals surface area contributed by atoms with Gasteiger partial charge in [-0.15, -0.1) is 0 Å². The molecule has 1 N–H and O–H groups in total. The second-order valence-electron chi connectivity index (χ2n) is 14.6. The van der Waals surface area contributed by atoms with Crippen LogP contribution in [0, 0.1) is 0 Å². The molecule has 0 heterocycles. The summed E-state index contributed by atoms with van der Waals surface area (Å²) in [5.74, 6) is -1.59. The molecule has 0 fully saturated rings. The summed E-state index contributed by atoms with van der Waals surface area (Å²) < 4.78 is 17.1. The number of carbonyl (C=O) groups is 3. The van der Waals surface area contributed by atoms with Crippen molar-refractivity contribution in [3.63, 3.8) is 0 Å². The number of likely N-dealkylation sites (N-methyl/N-ethyl adjacent to an activating group) is 1. The number of rotatable bonds is 35. The second kappa shape index (κ2) is 35.8. The molecule has 0 saturated heterocycles. The molecule has 53 heavy (non-hydrogen) atoms. The van der Waals surface area contributed by atoms with Crippen molar-refractivity contribution in [3.8, 4) is 0 Å². The molecule has 8 nitrogen and oxygen atoms in total. The van der Waals surface area contributed by atoms with Crippen molar-refractivity contribution in [2.24, 2.45) is 0 Å². The number of esters is 2. The first kappa shape index (κ1) is 49.8. The van der Waals surface area contributed by atoms with Crippen LogP contribution in [0.2, 0.25) is 0 Å². The Morgan fingerprint density at radius 3 is 1.66 bits per heavy atom. The molecule has 0 bridgehead atoms. The fraction of sp³-hybridized carbons (Fsp3) is 0.667. The Labute approximate surface area is 323 Å². The number of ether oxygens (including phenoxy) is 3. The van der Waals surface area contributed by atoms with E-state index in [0.29, 0.717) is 19.3 Å². The smallest absolute Gasteiger partial charge is 0.362 e. The lowest BCUT2D eigenvalue weighted by Crippen LogP contribution is -2.50. The minimum Gasteiger partial charge on any atom is -0.477 e. The highest BCUT2D eigenvalue weighted by Crippen LogP contribution is 2.12. The highest BCUT2D eigenvalue weighted by molar-refractivity contribution is 5.72. The molecular weight excluding hydrogens is 666 g/mol. The van der Waals surface area contributed by atoms with Gasteiger partial charge in [0.25, 0.3) is 0 Å². The van der Waals surface area contributed by atoms with E-state index >= 15 is 0 Å². The van der Waals surface area contributed by atoms with Crippen molar-refractivity contribution < 1.29 is 38.2 Å². The molecule has 0 aromatic rings. The van der Waals surface area contributed by atoms with Crippen LogP contribution >= 0.6 is 0 Å². The summed E-state index contributed by atoms with van der Waals surface area (Å²) in [7, 11) is 5.48. The number of hydrogen-bond acceptors (Lipinski definition) is 6. The molecule has 0 saturated carbocycles. The summed E-state index contributed by atoms with van der Waals surface area (Å²) in [6.07, 6.45) is 43.9. The number of carboxylic acid groups (broad SMARTS) is 1. The quantitative estimate of drug-likeness (QED) is 0.0227. The van der Waals surface area contributed by atoms with Gasteiger partial charge in [-0.3, -0.25) is 9.59 Å². The number of unbranched alkanes of at least 4 members (excludes halogenated alkanes) is 13. The molecule has 0 radical (unpaired) electrons. The summed E-state index contributed by atoms with van der Waals surface area (Å²) in [6, 6.07) is -0.631. The van der Waals surface area contributed by atoms with Gasteiger partial charge in [0.05, 0.1) is 34.4 Å². The van der Waals surface area contributed by atoms with Crippen LogP contribution in [0.4, 0.5) is 0 Å². The number of allylic oxidation sites excluding steroid dienone is 12. The molecule has 0 aromatic carbocycles. The number of aliphatic carboxylic acids is 1. The molecule has 0 rings (SSSR count). The number of carboxylic acids is 1. The van der Waals surface area contributed by atoms with Gasteiger partial charge in [-0.1, -0.05) is 145 Å². The SMILES string of the molecule is CC/C=C/C=C/C=C/C=C/C=C/CCCC(=O)OC(COCCC(C(=O)O)[N+](C)(C)C)COC(=O)CCCCCCC/C=C/CCCCCCCCC. The van der Waals surface area contributed by atoms with Crippen molar-refractivity contribution in [2.45, 2.75) is 154 Å². The molecule has 2 unspecified atom stereocenters. The lowest BCUT2D eigenvalue weighted by molar-refractivity contribution is -0.887. The fourth-order valence-corrected chi connectivity index (χ4v) is 5.53. The number of hydrogen-bond donors (Lipinski definition) is 1. The maximum absolute atomic E-state index is 12.6. The molecular formula is C45H76NO7+. The van der Waals surface area contributed by atoms with Crippen LogP contribution in [0.5, 0.6) is 0 Å². The van der Waals surface area contributed by atoms with E-state index in [9.17, 15) is 19.5 Å². The van der Waals surface area contributed by atoms with Gasteiger partial charge in [0.1, 0.15) is 6.61 Å². The molecule has 0 aliphatic rings. The van der Waals surface area contributed by atoms with Gasteiger partial charge in [-0.05, 0) is 51.4 Å². The summed E-state index contributed by atoms with van der Waals surface area (Å²) >= 11 is 0. The lowest BCUT2D eigenvalue weighted by atomic mass is 10.1. The van der Waals surface area contributed by atoms with Crippen LogP contribution in [0.15, 0.2) is 72.9 Å². The third-order valence-corrected chi connectivity index (χ3v) is 8.72. The van der Waals surface area contributed by atoms with Crippen molar-refractivity contribution in [1.29, 1.82) is 0 Å². The molecule has 2 atom stereocenters. The Morgan fingerprint density at radius 2 is 1.09 bits per heavy atom. The largest absolute Gasteiger partial charge is 0.477 e. The Bertz CT molecular complexity index is 1100. The van der Waals surface area contributed by atoms with Crippen molar-refractivity contribution >= 4 is 17.9 Å². The van der Waals surface area contributed by atoms with E-state index in [1.165, 1.54) is 57.8 Å². The van der Waals surface area contributed by atoms with Crippen LogP contribution in [0.25, 0.3) is 0 Å². The zero-order valence-corrected chi connectivity index (χ0v) is 34.2. The molecule has 0 aliphatic carbocycles. The van der Waals surface area contributed by atoms with Crippen molar-refractivity contribution in [3.05, 3.63) is 72.9 Å². The van der Waals surface area contributed by atoms with Gasteiger partial charge in [0, 0.05) is 19.3 Å². The van der Waals surface area contributed by atoms with E-state index in [1.54, 1.807) is 0 Å². The lowest BCUT2D eigenvalue weighted by Gasteiger charge is -2.31. The maximum Gasteiger partial charge on any atom is 0.362 e. The fourth-order valence-electron chi connectivity index (χ4n) is 5.53. The normalized spacial score (nSPS) is 13.8. The maximum atomic E-state index is 12.6. The molecule has 8 heteroatoms. The molecule has 302 valence electrons. The van der Waals surface area contributed by atoms with E-state index in [0.717, 1.165) is 44.9 Å². The van der Waals surface area contributed by atoms with E-state index < -0.39 is 18.1 Å². The molecule has 0 spiro atoms. The average Bonchev–Trinajstić information content (AvgIpc) is 3.11. The van der Waals surface area contributed by atoms with Crippen LogP contribution in [-0.2, 0) is 28.6 Å². The Balaban J connectivity index is 4.50. The van der Waals surface area contributed by atoms with E-state index in [4.69, 9.17) is 14.2 Å². The standard InChI is InChI=1S/C45H75NO7/c1-6-8-10-12-14-16-18-20-21-22-24-25-27-29-31-33-35-43(47)52-40-41(39-51-38-37-42(45(49)50)46(3,4)5)53-44(48)36-34-32-30-28-26-23-19-17-15-13-11-9-7-2/h9,11,13,15,17,19,21-23,26,28,30,41-42H,6-8,10,12,14,16,18,20,24-25,27,29,31-40H2,1-5H3/p+1/b11-9+,15-13+,19-17+,22-21+,26-23+,30-28+. The number of carbonyl (C=O) groups excluding carboxylic acids is 2. The van der Waals surface area contributed by atoms with Crippen LogP contribution in [0.1, 0.15) is 142 Å². The minimum absolute atomic E-state index is 0.0261.